The highest BCUT2D eigenvalue weighted by molar-refractivity contribution is 4.97. The van der Waals surface area contributed by atoms with Gasteiger partial charge in [0.05, 0.1) is 18.6 Å². The van der Waals surface area contributed by atoms with E-state index in [4.69, 9.17) is 0 Å². The van der Waals surface area contributed by atoms with Crippen LogP contribution in [-0.4, -0.2) is 26.7 Å². The molecule has 0 unspecified atom stereocenters. The van der Waals surface area contributed by atoms with Crippen molar-refractivity contribution < 1.29 is 4.52 Å². The van der Waals surface area contributed by atoms with E-state index in [0.29, 0.717) is 12.4 Å². The number of rotatable bonds is 4. The maximum absolute atomic E-state index is 4.63. The molecule has 0 bridgehead atoms. The third kappa shape index (κ3) is 1.97. The molecule has 2 aromatic heterocycles. The van der Waals surface area contributed by atoms with E-state index in [9.17, 15) is 0 Å². The number of hydrogen-bond acceptors (Lipinski definition) is 5. The van der Waals surface area contributed by atoms with Crippen LogP contribution in [0.5, 0.6) is 0 Å². The van der Waals surface area contributed by atoms with Crippen molar-refractivity contribution in [3.63, 3.8) is 0 Å². The highest BCUT2D eigenvalue weighted by atomic mass is 16.5. The summed E-state index contributed by atoms with van der Waals surface area (Å²) < 4.78 is 6.55. The largest absolute Gasteiger partial charge is 0.343 e. The molecular formula is C8H11N5O. The van der Waals surface area contributed by atoms with Gasteiger partial charge < -0.3 is 14.4 Å². The van der Waals surface area contributed by atoms with E-state index in [1.807, 2.05) is 17.8 Å². The highest BCUT2D eigenvalue weighted by Crippen LogP contribution is 1.99. The number of nitrogens with zero attached hydrogens (tertiary/aromatic N) is 4. The van der Waals surface area contributed by atoms with Crippen LogP contribution in [-0.2, 0) is 13.1 Å². The van der Waals surface area contributed by atoms with Crippen molar-refractivity contribution in [1.82, 2.24) is 25.0 Å². The fourth-order valence-electron chi connectivity index (χ4n) is 1.19. The Balaban J connectivity index is 2.03. The Bertz CT molecular complexity index is 380. The average Bonchev–Trinajstić information content (AvgIpc) is 2.79. The lowest BCUT2D eigenvalue weighted by atomic mass is 10.5. The molecule has 14 heavy (non-hydrogen) atoms. The summed E-state index contributed by atoms with van der Waals surface area (Å²) in [5, 5.41) is 6.75. The van der Waals surface area contributed by atoms with Crippen molar-refractivity contribution in [2.45, 2.75) is 13.1 Å². The van der Waals surface area contributed by atoms with Gasteiger partial charge in [0.15, 0.2) is 5.82 Å². The summed E-state index contributed by atoms with van der Waals surface area (Å²) in [6, 6.07) is 0. The first kappa shape index (κ1) is 8.89. The quantitative estimate of drug-likeness (QED) is 0.742. The van der Waals surface area contributed by atoms with Crippen LogP contribution in [0.2, 0.25) is 0 Å². The molecule has 74 valence electrons. The van der Waals surface area contributed by atoms with Gasteiger partial charge in [-0.25, -0.2) is 4.98 Å². The van der Waals surface area contributed by atoms with Gasteiger partial charge in [-0.05, 0) is 7.05 Å². The summed E-state index contributed by atoms with van der Waals surface area (Å²) in [7, 11) is 1.89. The predicted molar refractivity (Wildman–Crippen MR) is 48.4 cm³/mol. The Morgan fingerprint density at radius 1 is 1.50 bits per heavy atom. The van der Waals surface area contributed by atoms with Gasteiger partial charge in [0.1, 0.15) is 0 Å². The first-order valence-corrected chi connectivity index (χ1v) is 4.29. The lowest BCUT2D eigenvalue weighted by Crippen LogP contribution is -2.05. The minimum absolute atomic E-state index is 0.590. The molecule has 0 atom stereocenters. The van der Waals surface area contributed by atoms with Crippen LogP contribution in [0, 0.1) is 0 Å². The van der Waals surface area contributed by atoms with Gasteiger partial charge in [-0.3, -0.25) is 0 Å². The molecule has 0 aliphatic heterocycles. The number of nitrogens with one attached hydrogen (secondary N) is 1. The van der Waals surface area contributed by atoms with Crippen LogP contribution in [0.3, 0.4) is 0 Å². The first-order chi connectivity index (χ1) is 6.88. The zero-order chi connectivity index (χ0) is 9.80. The van der Waals surface area contributed by atoms with E-state index in [1.165, 1.54) is 6.39 Å². The van der Waals surface area contributed by atoms with Crippen molar-refractivity contribution in [2.75, 3.05) is 7.05 Å². The molecule has 0 aliphatic carbocycles. The first-order valence-electron chi connectivity index (χ1n) is 4.29. The maximum atomic E-state index is 4.63. The van der Waals surface area contributed by atoms with Crippen molar-refractivity contribution in [3.05, 3.63) is 30.4 Å². The second-order valence-corrected chi connectivity index (χ2v) is 2.92. The van der Waals surface area contributed by atoms with Gasteiger partial charge in [-0.1, -0.05) is 5.16 Å². The molecule has 0 aliphatic rings. The summed E-state index contributed by atoms with van der Waals surface area (Å²) in [6.45, 7) is 1.35. The summed E-state index contributed by atoms with van der Waals surface area (Å²) in [5.41, 5.74) is 0.996. The molecule has 0 spiro atoms. The van der Waals surface area contributed by atoms with Gasteiger partial charge in [0.2, 0.25) is 6.39 Å². The molecule has 0 saturated carbocycles. The van der Waals surface area contributed by atoms with E-state index in [-0.39, 0.29) is 0 Å². The molecule has 2 aromatic rings. The third-order valence-corrected chi connectivity index (χ3v) is 1.78. The van der Waals surface area contributed by atoms with Gasteiger partial charge in [-0.15, -0.1) is 0 Å². The summed E-state index contributed by atoms with van der Waals surface area (Å²) in [5.74, 6) is 0.651. The molecule has 1 N–H and O–H groups in total. The number of imidazole rings is 1. The van der Waals surface area contributed by atoms with Crippen LogP contribution in [0.1, 0.15) is 11.5 Å². The van der Waals surface area contributed by atoms with Gasteiger partial charge >= 0.3 is 0 Å². The van der Waals surface area contributed by atoms with E-state index in [1.54, 1.807) is 6.33 Å². The topological polar surface area (TPSA) is 68.8 Å². The SMILES string of the molecule is CNCc1cn(Cc2ncon2)cn1. The van der Waals surface area contributed by atoms with Crippen molar-refractivity contribution >= 4 is 0 Å². The summed E-state index contributed by atoms with van der Waals surface area (Å²) in [6.07, 6.45) is 5.02. The lowest BCUT2D eigenvalue weighted by molar-refractivity contribution is 0.408. The lowest BCUT2D eigenvalue weighted by Gasteiger charge is -1.94. The van der Waals surface area contributed by atoms with Crippen molar-refractivity contribution in [1.29, 1.82) is 0 Å². The van der Waals surface area contributed by atoms with Crippen LogP contribution >= 0.6 is 0 Å². The highest BCUT2D eigenvalue weighted by Gasteiger charge is 2.01. The molecule has 2 heterocycles. The zero-order valence-corrected chi connectivity index (χ0v) is 7.84. The van der Waals surface area contributed by atoms with E-state index in [0.717, 1.165) is 12.2 Å². The van der Waals surface area contributed by atoms with E-state index < -0.39 is 0 Å². The normalized spacial score (nSPS) is 10.6. The molecular weight excluding hydrogens is 182 g/mol. The number of aromatic nitrogens is 4. The Hall–Kier alpha value is -1.69. The van der Waals surface area contributed by atoms with Gasteiger partial charge in [-0.2, -0.15) is 4.98 Å². The third-order valence-electron chi connectivity index (χ3n) is 1.78. The molecule has 0 fully saturated rings. The Morgan fingerprint density at radius 2 is 2.43 bits per heavy atom. The molecule has 6 nitrogen and oxygen atoms in total. The molecule has 2 rings (SSSR count). The zero-order valence-electron chi connectivity index (χ0n) is 7.84. The van der Waals surface area contributed by atoms with Crippen LogP contribution in [0.4, 0.5) is 0 Å². The Kier molecular flexibility index (Phi) is 2.55. The van der Waals surface area contributed by atoms with Gasteiger partial charge in [0, 0.05) is 12.7 Å². The Morgan fingerprint density at radius 3 is 3.14 bits per heavy atom. The fraction of sp³-hybridized carbons (Fsp3) is 0.375. The minimum atomic E-state index is 0.590. The Labute approximate surface area is 81.0 Å². The summed E-state index contributed by atoms with van der Waals surface area (Å²) >= 11 is 0. The van der Waals surface area contributed by atoms with Crippen LogP contribution in [0.15, 0.2) is 23.4 Å². The molecule has 0 radical (unpaired) electrons. The van der Waals surface area contributed by atoms with E-state index in [2.05, 4.69) is 25.0 Å². The standard InChI is InChI=1S/C8H11N5O/c1-9-2-7-3-13(5-10-7)4-8-11-6-14-12-8/h3,5-6,9H,2,4H2,1H3. The molecule has 6 heteroatoms. The van der Waals surface area contributed by atoms with Crippen molar-refractivity contribution in [3.8, 4) is 0 Å². The number of hydrogen-bond donors (Lipinski definition) is 1. The second-order valence-electron chi connectivity index (χ2n) is 2.92. The maximum Gasteiger partial charge on any atom is 0.213 e. The smallest absolute Gasteiger partial charge is 0.213 e. The van der Waals surface area contributed by atoms with Crippen LogP contribution < -0.4 is 5.32 Å². The molecule has 0 aromatic carbocycles. The molecule has 0 amide bonds. The second kappa shape index (κ2) is 4.01. The fourth-order valence-corrected chi connectivity index (χ4v) is 1.19. The van der Waals surface area contributed by atoms with Crippen LogP contribution in [0.25, 0.3) is 0 Å². The van der Waals surface area contributed by atoms with Gasteiger partial charge in [0.25, 0.3) is 0 Å². The average molecular weight is 193 g/mol. The molecule has 0 saturated heterocycles. The summed E-state index contributed by atoms with van der Waals surface area (Å²) in [4.78, 5) is 8.13. The minimum Gasteiger partial charge on any atom is -0.343 e. The van der Waals surface area contributed by atoms with Crippen molar-refractivity contribution in [2.24, 2.45) is 0 Å². The predicted octanol–water partition coefficient (Wildman–Crippen LogP) is 0.0338. The monoisotopic (exact) mass is 193 g/mol. The van der Waals surface area contributed by atoms with E-state index >= 15 is 0 Å².